The summed E-state index contributed by atoms with van der Waals surface area (Å²) in [5.74, 6) is 0.357. The van der Waals surface area contributed by atoms with Crippen molar-refractivity contribution in [1.82, 2.24) is 5.32 Å². The fourth-order valence-corrected chi connectivity index (χ4v) is 3.23. The van der Waals surface area contributed by atoms with Gasteiger partial charge in [0.15, 0.2) is 0 Å². The third-order valence-corrected chi connectivity index (χ3v) is 4.64. The van der Waals surface area contributed by atoms with Gasteiger partial charge in [0, 0.05) is 24.1 Å². The summed E-state index contributed by atoms with van der Waals surface area (Å²) < 4.78 is 19.6. The van der Waals surface area contributed by atoms with E-state index in [4.69, 9.17) is 4.74 Å². The molecule has 0 bridgehead atoms. The molecule has 0 saturated heterocycles. The number of aliphatic hydroxyl groups excluding tert-OH is 1. The van der Waals surface area contributed by atoms with E-state index < -0.39 is 0 Å². The maximum absolute atomic E-state index is 13.6. The third kappa shape index (κ3) is 3.55. The molecule has 2 fully saturated rings. The molecule has 0 aromatic heterocycles. The predicted molar refractivity (Wildman–Crippen MR) is 80.0 cm³/mol. The van der Waals surface area contributed by atoms with Crippen LogP contribution in [0.5, 0.6) is 5.75 Å². The van der Waals surface area contributed by atoms with E-state index in [1.54, 1.807) is 13.0 Å². The number of aryl methyl sites for hydroxylation is 1. The van der Waals surface area contributed by atoms with Crippen molar-refractivity contribution < 1.29 is 14.2 Å². The SMILES string of the molecule is Cc1ccc(OC2CCCC(CO)(NC3CC3)C2)cc1F. The number of nitrogens with one attached hydrogen (secondary N) is 1. The molecule has 1 aromatic carbocycles. The molecule has 0 aliphatic heterocycles. The summed E-state index contributed by atoms with van der Waals surface area (Å²) in [7, 11) is 0. The molecule has 3 nitrogen and oxygen atoms in total. The van der Waals surface area contributed by atoms with E-state index >= 15 is 0 Å². The van der Waals surface area contributed by atoms with Crippen molar-refractivity contribution in [2.75, 3.05) is 6.61 Å². The Hall–Kier alpha value is -1.13. The van der Waals surface area contributed by atoms with Crippen molar-refractivity contribution in [2.45, 2.75) is 63.1 Å². The van der Waals surface area contributed by atoms with Crippen LogP contribution >= 0.6 is 0 Å². The minimum absolute atomic E-state index is 0.0410. The van der Waals surface area contributed by atoms with Crippen LogP contribution in [0, 0.1) is 12.7 Å². The molecule has 0 amide bonds. The average molecular weight is 293 g/mol. The first-order chi connectivity index (χ1) is 10.1. The number of rotatable bonds is 5. The standard InChI is InChI=1S/C17H24FNO2/c1-12-4-7-14(9-16(12)18)21-15-3-2-8-17(10-15,11-20)19-13-5-6-13/h4,7,9,13,15,19-20H,2-3,5-6,8,10-11H2,1H3. The van der Waals surface area contributed by atoms with Crippen LogP contribution in [0.2, 0.25) is 0 Å². The van der Waals surface area contributed by atoms with Gasteiger partial charge in [-0.25, -0.2) is 4.39 Å². The first kappa shape index (κ1) is 14.8. The molecule has 21 heavy (non-hydrogen) atoms. The smallest absolute Gasteiger partial charge is 0.129 e. The van der Waals surface area contributed by atoms with Gasteiger partial charge in [0.1, 0.15) is 17.7 Å². The summed E-state index contributed by atoms with van der Waals surface area (Å²) in [5.41, 5.74) is 0.416. The van der Waals surface area contributed by atoms with Crippen LogP contribution in [0.15, 0.2) is 18.2 Å². The summed E-state index contributed by atoms with van der Waals surface area (Å²) in [4.78, 5) is 0. The number of ether oxygens (including phenoxy) is 1. The molecule has 0 spiro atoms. The molecule has 2 saturated carbocycles. The normalized spacial score (nSPS) is 29.4. The Bertz CT molecular complexity index is 504. The minimum Gasteiger partial charge on any atom is -0.490 e. The zero-order valence-corrected chi connectivity index (χ0v) is 12.6. The molecule has 1 aromatic rings. The molecule has 0 heterocycles. The van der Waals surface area contributed by atoms with Crippen molar-refractivity contribution >= 4 is 0 Å². The third-order valence-electron chi connectivity index (χ3n) is 4.64. The van der Waals surface area contributed by atoms with Crippen LogP contribution in [-0.4, -0.2) is 29.4 Å². The topological polar surface area (TPSA) is 41.5 Å². The monoisotopic (exact) mass is 293 g/mol. The lowest BCUT2D eigenvalue weighted by atomic mass is 9.80. The second-order valence-corrected chi connectivity index (χ2v) is 6.60. The Morgan fingerprint density at radius 3 is 2.86 bits per heavy atom. The summed E-state index contributed by atoms with van der Waals surface area (Å²) in [6.45, 7) is 1.89. The second kappa shape index (κ2) is 5.93. The van der Waals surface area contributed by atoms with Gasteiger partial charge in [-0.2, -0.15) is 0 Å². The lowest BCUT2D eigenvalue weighted by Crippen LogP contribution is -2.54. The molecule has 116 valence electrons. The van der Waals surface area contributed by atoms with Crippen molar-refractivity contribution in [1.29, 1.82) is 0 Å². The van der Waals surface area contributed by atoms with Crippen LogP contribution < -0.4 is 10.1 Å². The Morgan fingerprint density at radius 1 is 1.38 bits per heavy atom. The number of aliphatic hydroxyl groups is 1. The van der Waals surface area contributed by atoms with E-state index in [0.29, 0.717) is 17.4 Å². The lowest BCUT2D eigenvalue weighted by Gasteiger charge is -2.40. The lowest BCUT2D eigenvalue weighted by molar-refractivity contribution is 0.0496. The van der Waals surface area contributed by atoms with Gasteiger partial charge in [0.2, 0.25) is 0 Å². The maximum atomic E-state index is 13.6. The van der Waals surface area contributed by atoms with Crippen molar-refractivity contribution in [3.05, 3.63) is 29.6 Å². The summed E-state index contributed by atoms with van der Waals surface area (Å²) >= 11 is 0. The molecule has 3 rings (SSSR count). The Kier molecular flexibility index (Phi) is 4.18. The fourth-order valence-electron chi connectivity index (χ4n) is 3.23. The van der Waals surface area contributed by atoms with Gasteiger partial charge in [-0.15, -0.1) is 0 Å². The average Bonchev–Trinajstić information content (AvgIpc) is 3.27. The Morgan fingerprint density at radius 2 is 2.19 bits per heavy atom. The second-order valence-electron chi connectivity index (χ2n) is 6.60. The summed E-state index contributed by atoms with van der Waals surface area (Å²) in [6, 6.07) is 5.59. The van der Waals surface area contributed by atoms with E-state index in [1.807, 2.05) is 6.07 Å². The summed E-state index contributed by atoms with van der Waals surface area (Å²) in [5, 5.41) is 13.4. The molecule has 0 radical (unpaired) electrons. The van der Waals surface area contributed by atoms with Crippen molar-refractivity contribution in [3.8, 4) is 5.75 Å². The predicted octanol–water partition coefficient (Wildman–Crippen LogP) is 2.94. The van der Waals surface area contributed by atoms with E-state index in [1.165, 1.54) is 18.9 Å². The van der Waals surface area contributed by atoms with Gasteiger partial charge in [-0.1, -0.05) is 6.07 Å². The highest BCUT2D eigenvalue weighted by Gasteiger charge is 2.40. The molecule has 2 aliphatic rings. The Balaban J connectivity index is 1.65. The highest BCUT2D eigenvalue weighted by Crippen LogP contribution is 2.34. The van der Waals surface area contributed by atoms with Crippen LogP contribution in [-0.2, 0) is 0 Å². The zero-order chi connectivity index (χ0) is 14.9. The molecule has 2 N–H and O–H groups in total. The van der Waals surface area contributed by atoms with Gasteiger partial charge in [0.25, 0.3) is 0 Å². The number of halogens is 1. The van der Waals surface area contributed by atoms with Crippen LogP contribution in [0.1, 0.15) is 44.1 Å². The molecule has 2 unspecified atom stereocenters. The zero-order valence-electron chi connectivity index (χ0n) is 12.6. The van der Waals surface area contributed by atoms with E-state index in [9.17, 15) is 9.50 Å². The van der Waals surface area contributed by atoms with Gasteiger partial charge < -0.3 is 15.2 Å². The first-order valence-corrected chi connectivity index (χ1v) is 7.92. The largest absolute Gasteiger partial charge is 0.490 e. The van der Waals surface area contributed by atoms with E-state index in [-0.39, 0.29) is 24.1 Å². The molecular formula is C17H24FNO2. The quantitative estimate of drug-likeness (QED) is 0.877. The van der Waals surface area contributed by atoms with Crippen LogP contribution in [0.25, 0.3) is 0 Å². The molecular weight excluding hydrogens is 269 g/mol. The fraction of sp³-hybridized carbons (Fsp3) is 0.647. The highest BCUT2D eigenvalue weighted by atomic mass is 19.1. The van der Waals surface area contributed by atoms with Crippen LogP contribution in [0.4, 0.5) is 4.39 Å². The molecule has 2 aliphatic carbocycles. The number of hydrogen-bond acceptors (Lipinski definition) is 3. The Labute approximate surface area is 125 Å². The summed E-state index contributed by atoms with van der Waals surface area (Å²) in [6.07, 6.45) is 6.21. The van der Waals surface area contributed by atoms with Crippen molar-refractivity contribution in [2.24, 2.45) is 0 Å². The van der Waals surface area contributed by atoms with Gasteiger partial charge in [-0.05, 0) is 50.7 Å². The first-order valence-electron chi connectivity index (χ1n) is 7.92. The van der Waals surface area contributed by atoms with Crippen LogP contribution in [0.3, 0.4) is 0 Å². The van der Waals surface area contributed by atoms with Gasteiger partial charge >= 0.3 is 0 Å². The highest BCUT2D eigenvalue weighted by molar-refractivity contribution is 5.28. The number of benzene rings is 1. The minimum atomic E-state index is -0.229. The van der Waals surface area contributed by atoms with Gasteiger partial charge in [-0.3, -0.25) is 0 Å². The van der Waals surface area contributed by atoms with Crippen molar-refractivity contribution in [3.63, 3.8) is 0 Å². The molecule has 2 atom stereocenters. The molecule has 4 heteroatoms. The van der Waals surface area contributed by atoms with E-state index in [2.05, 4.69) is 5.32 Å². The van der Waals surface area contributed by atoms with E-state index in [0.717, 1.165) is 25.7 Å². The maximum Gasteiger partial charge on any atom is 0.129 e. The van der Waals surface area contributed by atoms with Gasteiger partial charge in [0.05, 0.1) is 6.61 Å². The number of hydrogen-bond donors (Lipinski definition) is 2.